The summed E-state index contributed by atoms with van der Waals surface area (Å²) >= 11 is 0. The molecule has 5 heteroatoms. The van der Waals surface area contributed by atoms with Crippen LogP contribution >= 0.6 is 0 Å². The van der Waals surface area contributed by atoms with E-state index >= 15 is 0 Å². The van der Waals surface area contributed by atoms with Crippen LogP contribution in [0.15, 0.2) is 42.7 Å². The molecule has 0 bridgehead atoms. The Labute approximate surface area is 116 Å². The number of hydrogen-bond acceptors (Lipinski definition) is 3. The minimum Gasteiger partial charge on any atom is -0.386 e. The zero-order valence-electron chi connectivity index (χ0n) is 11.0. The molecule has 0 aliphatic carbocycles. The number of halogens is 1. The molecule has 1 amide bonds. The molecule has 0 fully saturated rings. The van der Waals surface area contributed by atoms with Crippen LogP contribution in [0.3, 0.4) is 0 Å². The van der Waals surface area contributed by atoms with Crippen LogP contribution in [0.2, 0.25) is 0 Å². The number of amides is 1. The first-order valence-electron chi connectivity index (χ1n) is 6.20. The SMILES string of the molecule is Cc1cncc(C(=O)NCC(O)c2ccccc2F)c1. The third kappa shape index (κ3) is 3.39. The number of nitrogens with zero attached hydrogens (tertiary/aromatic N) is 1. The van der Waals surface area contributed by atoms with Crippen molar-refractivity contribution in [1.29, 1.82) is 0 Å². The standard InChI is InChI=1S/C15H15FN2O2/c1-10-6-11(8-17-7-10)15(20)18-9-14(19)12-4-2-3-5-13(12)16/h2-8,14,19H,9H2,1H3,(H,18,20). The Kier molecular flexibility index (Phi) is 4.42. The molecule has 2 aromatic rings. The van der Waals surface area contributed by atoms with Crippen molar-refractivity contribution >= 4 is 5.91 Å². The number of aryl methyl sites for hydroxylation is 1. The number of carbonyl (C=O) groups excluding carboxylic acids is 1. The molecule has 0 aliphatic rings. The van der Waals surface area contributed by atoms with Crippen LogP contribution in [-0.2, 0) is 0 Å². The van der Waals surface area contributed by atoms with E-state index in [0.717, 1.165) is 5.56 Å². The maximum Gasteiger partial charge on any atom is 0.252 e. The lowest BCUT2D eigenvalue weighted by Crippen LogP contribution is -2.28. The van der Waals surface area contributed by atoms with E-state index in [1.54, 1.807) is 24.4 Å². The summed E-state index contributed by atoms with van der Waals surface area (Å²) in [5.74, 6) is -0.844. The van der Waals surface area contributed by atoms with Gasteiger partial charge < -0.3 is 10.4 Å². The van der Waals surface area contributed by atoms with Gasteiger partial charge in [0.1, 0.15) is 5.82 Å². The van der Waals surface area contributed by atoms with Crippen LogP contribution in [0, 0.1) is 12.7 Å². The molecule has 2 rings (SSSR count). The number of aliphatic hydroxyl groups is 1. The Balaban J connectivity index is 1.99. The van der Waals surface area contributed by atoms with Gasteiger partial charge in [0.15, 0.2) is 0 Å². The number of aromatic nitrogens is 1. The van der Waals surface area contributed by atoms with E-state index in [1.807, 2.05) is 6.92 Å². The molecule has 1 aromatic carbocycles. The van der Waals surface area contributed by atoms with Crippen LogP contribution in [-0.4, -0.2) is 22.5 Å². The van der Waals surface area contributed by atoms with Crippen LogP contribution in [0.4, 0.5) is 4.39 Å². The third-order valence-electron chi connectivity index (χ3n) is 2.86. The summed E-state index contributed by atoms with van der Waals surface area (Å²) < 4.78 is 13.5. The van der Waals surface area contributed by atoms with Crippen molar-refractivity contribution in [2.24, 2.45) is 0 Å². The van der Waals surface area contributed by atoms with Gasteiger partial charge in [0.2, 0.25) is 0 Å². The molecule has 1 aromatic heterocycles. The van der Waals surface area contributed by atoms with Crippen molar-refractivity contribution in [3.63, 3.8) is 0 Å². The highest BCUT2D eigenvalue weighted by Crippen LogP contribution is 2.15. The summed E-state index contributed by atoms with van der Waals surface area (Å²) in [5.41, 5.74) is 1.44. The van der Waals surface area contributed by atoms with Crippen molar-refractivity contribution in [3.8, 4) is 0 Å². The van der Waals surface area contributed by atoms with E-state index in [1.165, 1.54) is 18.3 Å². The molecule has 0 aliphatic heterocycles. The summed E-state index contributed by atoms with van der Waals surface area (Å²) in [5, 5.41) is 12.4. The van der Waals surface area contributed by atoms with Gasteiger partial charge in [-0.1, -0.05) is 18.2 Å². The monoisotopic (exact) mass is 274 g/mol. The maximum absolute atomic E-state index is 13.5. The van der Waals surface area contributed by atoms with Crippen molar-refractivity contribution in [2.75, 3.05) is 6.54 Å². The summed E-state index contributed by atoms with van der Waals surface area (Å²) in [4.78, 5) is 15.8. The second kappa shape index (κ2) is 6.25. The lowest BCUT2D eigenvalue weighted by Gasteiger charge is -2.13. The van der Waals surface area contributed by atoms with Gasteiger partial charge in [-0.2, -0.15) is 0 Å². The summed E-state index contributed by atoms with van der Waals surface area (Å²) in [6.45, 7) is 1.77. The van der Waals surface area contributed by atoms with Gasteiger partial charge in [-0.3, -0.25) is 9.78 Å². The van der Waals surface area contributed by atoms with Gasteiger partial charge in [0.05, 0.1) is 11.7 Å². The first-order valence-corrected chi connectivity index (χ1v) is 6.20. The highest BCUT2D eigenvalue weighted by molar-refractivity contribution is 5.94. The first-order chi connectivity index (χ1) is 9.58. The van der Waals surface area contributed by atoms with Crippen molar-refractivity contribution in [2.45, 2.75) is 13.0 Å². The molecule has 4 nitrogen and oxygen atoms in total. The van der Waals surface area contributed by atoms with E-state index in [0.29, 0.717) is 5.56 Å². The Morgan fingerprint density at radius 1 is 1.40 bits per heavy atom. The van der Waals surface area contributed by atoms with E-state index < -0.39 is 11.9 Å². The highest BCUT2D eigenvalue weighted by Gasteiger charge is 2.14. The van der Waals surface area contributed by atoms with E-state index in [-0.39, 0.29) is 18.0 Å². The highest BCUT2D eigenvalue weighted by atomic mass is 19.1. The van der Waals surface area contributed by atoms with Gasteiger partial charge in [0, 0.05) is 24.5 Å². The zero-order chi connectivity index (χ0) is 14.5. The van der Waals surface area contributed by atoms with Crippen molar-refractivity contribution in [3.05, 3.63) is 65.2 Å². The first kappa shape index (κ1) is 14.1. The largest absolute Gasteiger partial charge is 0.386 e. The van der Waals surface area contributed by atoms with Gasteiger partial charge in [0.25, 0.3) is 5.91 Å². The number of rotatable bonds is 4. The number of nitrogens with one attached hydrogen (secondary N) is 1. The van der Waals surface area contributed by atoms with Crippen LogP contribution < -0.4 is 5.32 Å². The van der Waals surface area contributed by atoms with Crippen LogP contribution in [0.1, 0.15) is 27.6 Å². The quantitative estimate of drug-likeness (QED) is 0.896. The fourth-order valence-electron chi connectivity index (χ4n) is 1.83. The minimum atomic E-state index is -1.09. The molecule has 20 heavy (non-hydrogen) atoms. The summed E-state index contributed by atoms with van der Waals surface area (Å²) in [7, 11) is 0. The van der Waals surface area contributed by atoms with Crippen LogP contribution in [0.5, 0.6) is 0 Å². The molecule has 1 unspecified atom stereocenters. The minimum absolute atomic E-state index is 0.0618. The Bertz CT molecular complexity index is 616. The number of carbonyl (C=O) groups is 1. The Morgan fingerprint density at radius 2 is 2.15 bits per heavy atom. The predicted octanol–water partition coefficient (Wildman–Crippen LogP) is 1.99. The fourth-order valence-corrected chi connectivity index (χ4v) is 1.83. The van der Waals surface area contributed by atoms with Gasteiger partial charge >= 0.3 is 0 Å². The van der Waals surface area contributed by atoms with Crippen LogP contribution in [0.25, 0.3) is 0 Å². The molecule has 2 N–H and O–H groups in total. The van der Waals surface area contributed by atoms with E-state index in [2.05, 4.69) is 10.3 Å². The maximum atomic E-state index is 13.5. The predicted molar refractivity (Wildman–Crippen MR) is 72.7 cm³/mol. The van der Waals surface area contributed by atoms with Crippen molar-refractivity contribution in [1.82, 2.24) is 10.3 Å². The molecule has 0 spiro atoms. The molecular weight excluding hydrogens is 259 g/mol. The smallest absolute Gasteiger partial charge is 0.252 e. The van der Waals surface area contributed by atoms with Crippen molar-refractivity contribution < 1.29 is 14.3 Å². The topological polar surface area (TPSA) is 62.2 Å². The van der Waals surface area contributed by atoms with E-state index in [4.69, 9.17) is 0 Å². The molecule has 0 saturated carbocycles. The fraction of sp³-hybridized carbons (Fsp3) is 0.200. The van der Waals surface area contributed by atoms with Gasteiger partial charge in [-0.05, 0) is 24.6 Å². The average Bonchev–Trinajstić information content (AvgIpc) is 2.45. The zero-order valence-corrected chi connectivity index (χ0v) is 11.0. The normalized spacial score (nSPS) is 11.9. The molecule has 1 heterocycles. The average molecular weight is 274 g/mol. The van der Waals surface area contributed by atoms with Gasteiger partial charge in [-0.25, -0.2) is 4.39 Å². The number of hydrogen-bond donors (Lipinski definition) is 2. The summed E-state index contributed by atoms with van der Waals surface area (Å²) in [6, 6.07) is 7.62. The number of benzene rings is 1. The second-order valence-electron chi connectivity index (χ2n) is 4.50. The molecule has 104 valence electrons. The number of pyridine rings is 1. The number of aliphatic hydroxyl groups excluding tert-OH is 1. The molecule has 0 radical (unpaired) electrons. The third-order valence-corrected chi connectivity index (χ3v) is 2.86. The Morgan fingerprint density at radius 3 is 2.85 bits per heavy atom. The molecule has 0 saturated heterocycles. The lowest BCUT2D eigenvalue weighted by molar-refractivity contribution is 0.0913. The molecule has 1 atom stereocenters. The lowest BCUT2D eigenvalue weighted by atomic mass is 10.1. The second-order valence-corrected chi connectivity index (χ2v) is 4.50. The summed E-state index contributed by atoms with van der Waals surface area (Å²) in [6.07, 6.45) is 2.00. The van der Waals surface area contributed by atoms with E-state index in [9.17, 15) is 14.3 Å². The Hall–Kier alpha value is -2.27. The molecular formula is C15H15FN2O2. The van der Waals surface area contributed by atoms with Gasteiger partial charge in [-0.15, -0.1) is 0 Å².